The van der Waals surface area contributed by atoms with Crippen LogP contribution in [0.15, 0.2) is 18.3 Å². The van der Waals surface area contributed by atoms with Crippen LogP contribution in [0.4, 0.5) is 13.2 Å². The second-order valence-electron chi connectivity index (χ2n) is 3.23. The van der Waals surface area contributed by atoms with Gasteiger partial charge in [-0.2, -0.15) is 13.2 Å². The standard InChI is InChI=1S/C11H10F3NO/c1-2-3-4-10(16)9-6-5-8(7-15-9)11(12,13)14/h1,5-7,10,16H,3-4H2. The highest BCUT2D eigenvalue weighted by molar-refractivity contribution is 5.18. The Labute approximate surface area is 91.1 Å². The molecule has 1 aromatic heterocycles. The van der Waals surface area contributed by atoms with E-state index >= 15 is 0 Å². The van der Waals surface area contributed by atoms with Crippen molar-refractivity contribution in [3.05, 3.63) is 29.6 Å². The normalized spacial score (nSPS) is 13.2. The van der Waals surface area contributed by atoms with E-state index < -0.39 is 17.8 Å². The van der Waals surface area contributed by atoms with Gasteiger partial charge >= 0.3 is 6.18 Å². The van der Waals surface area contributed by atoms with E-state index in [1.165, 1.54) is 0 Å². The molecule has 0 amide bonds. The van der Waals surface area contributed by atoms with E-state index in [-0.39, 0.29) is 12.1 Å². The number of nitrogens with zero attached hydrogens (tertiary/aromatic N) is 1. The first-order chi connectivity index (χ1) is 7.45. The number of aromatic nitrogens is 1. The molecule has 0 saturated heterocycles. The van der Waals surface area contributed by atoms with Crippen LogP contribution >= 0.6 is 0 Å². The molecular weight excluding hydrogens is 219 g/mol. The molecule has 0 aromatic carbocycles. The van der Waals surface area contributed by atoms with Crippen molar-refractivity contribution < 1.29 is 18.3 Å². The van der Waals surface area contributed by atoms with E-state index in [0.29, 0.717) is 12.6 Å². The minimum atomic E-state index is -4.41. The third-order valence-electron chi connectivity index (χ3n) is 2.02. The van der Waals surface area contributed by atoms with Crippen LogP contribution in [0.5, 0.6) is 0 Å². The second-order valence-corrected chi connectivity index (χ2v) is 3.23. The topological polar surface area (TPSA) is 33.1 Å². The second kappa shape index (κ2) is 4.99. The number of hydrogen-bond acceptors (Lipinski definition) is 2. The molecule has 0 fully saturated rings. The Balaban J connectivity index is 2.76. The third kappa shape index (κ3) is 3.24. The monoisotopic (exact) mass is 229 g/mol. The summed E-state index contributed by atoms with van der Waals surface area (Å²) in [4.78, 5) is 3.56. The minimum absolute atomic E-state index is 0.197. The summed E-state index contributed by atoms with van der Waals surface area (Å²) in [6.45, 7) is 0. The molecule has 2 nitrogen and oxygen atoms in total. The first-order valence-corrected chi connectivity index (χ1v) is 4.60. The third-order valence-corrected chi connectivity index (χ3v) is 2.02. The van der Waals surface area contributed by atoms with Gasteiger partial charge in [0.2, 0.25) is 0 Å². The lowest BCUT2D eigenvalue weighted by Gasteiger charge is -2.10. The Morgan fingerprint density at radius 2 is 2.12 bits per heavy atom. The van der Waals surface area contributed by atoms with Gasteiger partial charge in [0, 0.05) is 12.6 Å². The summed E-state index contributed by atoms with van der Waals surface area (Å²) in [6.07, 6.45) is 1.02. The first kappa shape index (κ1) is 12.5. The molecule has 16 heavy (non-hydrogen) atoms. The molecule has 0 saturated carbocycles. The highest BCUT2D eigenvalue weighted by Crippen LogP contribution is 2.29. The summed E-state index contributed by atoms with van der Waals surface area (Å²) in [5.74, 6) is 2.34. The van der Waals surface area contributed by atoms with E-state index in [1.54, 1.807) is 0 Å². The zero-order valence-electron chi connectivity index (χ0n) is 8.33. The summed E-state index contributed by atoms with van der Waals surface area (Å²) in [5.41, 5.74) is -0.636. The van der Waals surface area contributed by atoms with Crippen molar-refractivity contribution in [1.29, 1.82) is 0 Å². The van der Waals surface area contributed by atoms with Gasteiger partial charge in [0.25, 0.3) is 0 Å². The molecule has 0 bridgehead atoms. The van der Waals surface area contributed by atoms with Gasteiger partial charge in [-0.25, -0.2) is 0 Å². The summed E-state index contributed by atoms with van der Waals surface area (Å²) in [5, 5.41) is 9.51. The molecule has 1 N–H and O–H groups in total. The average molecular weight is 229 g/mol. The number of halogens is 3. The lowest BCUT2D eigenvalue weighted by molar-refractivity contribution is -0.137. The van der Waals surface area contributed by atoms with Crippen LogP contribution in [0.2, 0.25) is 0 Å². The van der Waals surface area contributed by atoms with Crippen LogP contribution in [0.1, 0.15) is 30.2 Å². The number of terminal acetylenes is 1. The van der Waals surface area contributed by atoms with Crippen molar-refractivity contribution in [2.75, 3.05) is 0 Å². The van der Waals surface area contributed by atoms with E-state index in [0.717, 1.165) is 12.1 Å². The first-order valence-electron chi connectivity index (χ1n) is 4.60. The Hall–Kier alpha value is -1.54. The Morgan fingerprint density at radius 1 is 1.44 bits per heavy atom. The number of aliphatic hydroxyl groups excluding tert-OH is 1. The van der Waals surface area contributed by atoms with Gasteiger partial charge in [-0.15, -0.1) is 12.3 Å². The maximum atomic E-state index is 12.2. The summed E-state index contributed by atoms with van der Waals surface area (Å²) >= 11 is 0. The van der Waals surface area contributed by atoms with Gasteiger partial charge in [0.05, 0.1) is 17.4 Å². The quantitative estimate of drug-likeness (QED) is 0.808. The maximum absolute atomic E-state index is 12.2. The number of aliphatic hydroxyl groups is 1. The fraction of sp³-hybridized carbons (Fsp3) is 0.364. The number of rotatable bonds is 3. The number of pyridine rings is 1. The molecule has 1 atom stereocenters. The molecule has 5 heteroatoms. The molecule has 0 aliphatic rings. The molecular formula is C11H10F3NO. The predicted octanol–water partition coefficient (Wildman–Crippen LogP) is 2.55. The molecule has 1 heterocycles. The largest absolute Gasteiger partial charge is 0.417 e. The van der Waals surface area contributed by atoms with Gasteiger partial charge in [0.1, 0.15) is 0 Å². The highest BCUT2D eigenvalue weighted by atomic mass is 19.4. The van der Waals surface area contributed by atoms with Crippen molar-refractivity contribution >= 4 is 0 Å². The lowest BCUT2D eigenvalue weighted by atomic mass is 10.1. The van der Waals surface area contributed by atoms with Crippen LogP contribution in [-0.2, 0) is 6.18 Å². The number of hydrogen-bond donors (Lipinski definition) is 1. The zero-order chi connectivity index (χ0) is 12.2. The predicted molar refractivity (Wildman–Crippen MR) is 52.3 cm³/mol. The van der Waals surface area contributed by atoms with Crippen molar-refractivity contribution in [3.63, 3.8) is 0 Å². The van der Waals surface area contributed by atoms with Crippen LogP contribution in [0, 0.1) is 12.3 Å². The van der Waals surface area contributed by atoms with Crippen molar-refractivity contribution in [3.8, 4) is 12.3 Å². The van der Waals surface area contributed by atoms with E-state index in [4.69, 9.17) is 6.42 Å². The molecule has 0 aliphatic carbocycles. The van der Waals surface area contributed by atoms with Crippen molar-refractivity contribution in [1.82, 2.24) is 4.98 Å². The van der Waals surface area contributed by atoms with E-state index in [1.807, 2.05) is 0 Å². The van der Waals surface area contributed by atoms with Crippen LogP contribution < -0.4 is 0 Å². The fourth-order valence-corrected chi connectivity index (χ4v) is 1.14. The fourth-order valence-electron chi connectivity index (χ4n) is 1.14. The average Bonchev–Trinajstić information content (AvgIpc) is 2.25. The van der Waals surface area contributed by atoms with Gasteiger partial charge in [0.15, 0.2) is 0 Å². The van der Waals surface area contributed by atoms with Gasteiger partial charge in [-0.05, 0) is 18.6 Å². The summed E-state index contributed by atoms with van der Waals surface area (Å²) in [7, 11) is 0. The maximum Gasteiger partial charge on any atom is 0.417 e. The van der Waals surface area contributed by atoms with Crippen molar-refractivity contribution in [2.24, 2.45) is 0 Å². The SMILES string of the molecule is C#CCCC(O)c1ccc(C(F)(F)F)cn1. The molecule has 1 rings (SSSR count). The molecule has 86 valence electrons. The molecule has 0 aliphatic heterocycles. The summed E-state index contributed by atoms with van der Waals surface area (Å²) in [6, 6.07) is 2.05. The number of alkyl halides is 3. The smallest absolute Gasteiger partial charge is 0.387 e. The zero-order valence-corrected chi connectivity index (χ0v) is 8.33. The molecule has 0 radical (unpaired) electrons. The highest BCUT2D eigenvalue weighted by Gasteiger charge is 2.30. The van der Waals surface area contributed by atoms with Crippen molar-refractivity contribution in [2.45, 2.75) is 25.1 Å². The van der Waals surface area contributed by atoms with Crippen LogP contribution in [0.3, 0.4) is 0 Å². The van der Waals surface area contributed by atoms with Gasteiger partial charge < -0.3 is 5.11 Å². The molecule has 1 unspecified atom stereocenters. The van der Waals surface area contributed by atoms with E-state index in [2.05, 4.69) is 10.9 Å². The minimum Gasteiger partial charge on any atom is -0.387 e. The molecule has 0 spiro atoms. The van der Waals surface area contributed by atoms with Crippen LogP contribution in [0.25, 0.3) is 0 Å². The Kier molecular flexibility index (Phi) is 3.91. The Bertz CT molecular complexity index is 378. The summed E-state index contributed by atoms with van der Waals surface area (Å²) < 4.78 is 36.6. The lowest BCUT2D eigenvalue weighted by Crippen LogP contribution is -2.07. The van der Waals surface area contributed by atoms with Crippen LogP contribution in [-0.4, -0.2) is 10.1 Å². The Morgan fingerprint density at radius 3 is 2.56 bits per heavy atom. The van der Waals surface area contributed by atoms with Gasteiger partial charge in [-0.1, -0.05) is 0 Å². The van der Waals surface area contributed by atoms with E-state index in [9.17, 15) is 18.3 Å². The van der Waals surface area contributed by atoms with Gasteiger partial charge in [-0.3, -0.25) is 4.98 Å². The molecule has 1 aromatic rings.